The highest BCUT2D eigenvalue weighted by Crippen LogP contribution is 2.41. The van der Waals surface area contributed by atoms with E-state index >= 15 is 0 Å². The molecule has 1 heterocycles. The summed E-state index contributed by atoms with van der Waals surface area (Å²) in [4.78, 5) is 29.3. The van der Waals surface area contributed by atoms with Crippen LogP contribution in [0, 0.1) is 0 Å². The van der Waals surface area contributed by atoms with Gasteiger partial charge in [-0.2, -0.15) is 0 Å². The number of carbonyl (C=O) groups is 2. The maximum Gasteiger partial charge on any atom is 0.323 e. The third-order valence-electron chi connectivity index (χ3n) is 7.00. The third-order valence-corrected chi connectivity index (χ3v) is 7.57. The average Bonchev–Trinajstić information content (AvgIpc) is 3.52. The molecule has 1 aliphatic rings. The molecule has 9 nitrogen and oxygen atoms in total. The third kappa shape index (κ3) is 7.18. The number of amides is 1. The molecule has 3 aromatic carbocycles. The molecule has 10 heteroatoms. The molecule has 0 aliphatic heterocycles. The lowest BCUT2D eigenvalue weighted by molar-refractivity contribution is -0.150. The Kier molecular flexibility index (Phi) is 9.55. The van der Waals surface area contributed by atoms with Crippen molar-refractivity contribution < 1.29 is 28.5 Å². The minimum Gasteiger partial charge on any atom is -0.493 e. The number of aromatic nitrogens is 1. The number of esters is 1. The highest BCUT2D eigenvalue weighted by molar-refractivity contribution is 9.10. The molecular formula is C32H32BrN3O6. The van der Waals surface area contributed by atoms with Crippen LogP contribution in [0.4, 0.5) is 5.69 Å². The normalized spacial score (nSPS) is 13.9. The molecule has 0 saturated heterocycles. The molecule has 1 saturated carbocycles. The quantitative estimate of drug-likeness (QED) is 0.176. The number of benzene rings is 3. The van der Waals surface area contributed by atoms with Crippen LogP contribution >= 0.6 is 15.9 Å². The fourth-order valence-electron chi connectivity index (χ4n) is 4.72. The average molecular weight is 635 g/mol. The number of ether oxygens (including phenoxy) is 4. The van der Waals surface area contributed by atoms with Crippen LogP contribution in [-0.4, -0.2) is 42.7 Å². The van der Waals surface area contributed by atoms with Gasteiger partial charge in [0.2, 0.25) is 0 Å². The summed E-state index contributed by atoms with van der Waals surface area (Å²) in [6.07, 6.45) is 5.89. The summed E-state index contributed by atoms with van der Waals surface area (Å²) in [7, 11) is 1.55. The topological polar surface area (TPSA) is 122 Å². The second-order valence-corrected chi connectivity index (χ2v) is 10.8. The smallest absolute Gasteiger partial charge is 0.323 e. The fraction of sp³-hybridized carbons (Fsp3) is 0.281. The maximum absolute atomic E-state index is 12.5. The van der Waals surface area contributed by atoms with E-state index in [1.54, 1.807) is 61.8 Å². The molecule has 42 heavy (non-hydrogen) atoms. The van der Waals surface area contributed by atoms with Gasteiger partial charge in [-0.05, 0) is 84.1 Å². The Hall–Kier alpha value is -4.15. The molecule has 1 fully saturated rings. The van der Waals surface area contributed by atoms with Gasteiger partial charge < -0.3 is 30.0 Å². The number of methoxy groups -OCH3 is 1. The molecule has 0 spiro atoms. The highest BCUT2D eigenvalue weighted by Gasteiger charge is 2.23. The molecule has 1 aromatic heterocycles. The summed E-state index contributed by atoms with van der Waals surface area (Å²) in [6.45, 7) is 0.204. The maximum atomic E-state index is 12.5. The SMILES string of the molecule is COc1cc2c(Oc3ccc(NC(=O)c4ccccc4)cc3)c(Br)cnc2cc1OCCC(N)C(=O)OC1CCCC1. The van der Waals surface area contributed by atoms with Gasteiger partial charge in [0, 0.05) is 35.3 Å². The van der Waals surface area contributed by atoms with Gasteiger partial charge in [0.15, 0.2) is 17.2 Å². The number of halogens is 1. The molecule has 3 N–H and O–H groups in total. The van der Waals surface area contributed by atoms with E-state index in [2.05, 4.69) is 26.2 Å². The summed E-state index contributed by atoms with van der Waals surface area (Å²) >= 11 is 3.54. The van der Waals surface area contributed by atoms with Crippen LogP contribution in [0.1, 0.15) is 42.5 Å². The van der Waals surface area contributed by atoms with Crippen molar-refractivity contribution >= 4 is 44.4 Å². The van der Waals surface area contributed by atoms with Crippen LogP contribution in [0.25, 0.3) is 10.9 Å². The van der Waals surface area contributed by atoms with E-state index in [1.807, 2.05) is 18.2 Å². The minimum absolute atomic E-state index is 0.0229. The van der Waals surface area contributed by atoms with E-state index in [4.69, 9.17) is 24.7 Å². The molecular weight excluding hydrogens is 602 g/mol. The van der Waals surface area contributed by atoms with Gasteiger partial charge in [0.1, 0.15) is 17.9 Å². The summed E-state index contributed by atoms with van der Waals surface area (Å²) < 4.78 is 23.9. The van der Waals surface area contributed by atoms with Crippen LogP contribution < -0.4 is 25.3 Å². The number of pyridine rings is 1. The van der Waals surface area contributed by atoms with Gasteiger partial charge in [0.25, 0.3) is 5.91 Å². The van der Waals surface area contributed by atoms with Crippen molar-refractivity contribution in [3.63, 3.8) is 0 Å². The van der Waals surface area contributed by atoms with Crippen LogP contribution in [0.3, 0.4) is 0 Å². The first kappa shape index (κ1) is 29.3. The van der Waals surface area contributed by atoms with Crippen molar-refractivity contribution in [2.45, 2.75) is 44.2 Å². The minimum atomic E-state index is -0.760. The van der Waals surface area contributed by atoms with Crippen molar-refractivity contribution in [1.29, 1.82) is 0 Å². The molecule has 1 atom stereocenters. The van der Waals surface area contributed by atoms with E-state index < -0.39 is 12.0 Å². The lowest BCUT2D eigenvalue weighted by Crippen LogP contribution is -2.35. The molecule has 218 valence electrons. The van der Waals surface area contributed by atoms with Crippen molar-refractivity contribution in [2.75, 3.05) is 19.0 Å². The number of nitrogens with zero attached hydrogens (tertiary/aromatic N) is 1. The molecule has 1 unspecified atom stereocenters. The Morgan fingerprint density at radius 1 is 1.05 bits per heavy atom. The van der Waals surface area contributed by atoms with Crippen molar-refractivity contribution in [3.05, 3.63) is 83.0 Å². The summed E-state index contributed by atoms with van der Waals surface area (Å²) in [6, 6.07) is 18.9. The van der Waals surface area contributed by atoms with Crippen LogP contribution in [0.5, 0.6) is 23.0 Å². The number of rotatable bonds is 11. The van der Waals surface area contributed by atoms with E-state index in [1.165, 1.54) is 0 Å². The first-order valence-corrected chi connectivity index (χ1v) is 14.6. The van der Waals surface area contributed by atoms with Gasteiger partial charge >= 0.3 is 5.97 Å². The Morgan fingerprint density at radius 3 is 2.50 bits per heavy atom. The predicted octanol–water partition coefficient (Wildman–Crippen LogP) is 6.63. The second kappa shape index (κ2) is 13.7. The van der Waals surface area contributed by atoms with Gasteiger partial charge in [-0.3, -0.25) is 14.6 Å². The van der Waals surface area contributed by atoms with E-state index in [-0.39, 0.29) is 18.6 Å². The van der Waals surface area contributed by atoms with E-state index in [9.17, 15) is 9.59 Å². The summed E-state index contributed by atoms with van der Waals surface area (Å²) in [5.41, 5.74) is 7.89. The number of nitrogens with one attached hydrogen (secondary N) is 1. The first-order valence-electron chi connectivity index (χ1n) is 13.8. The fourth-order valence-corrected chi connectivity index (χ4v) is 5.11. The zero-order valence-corrected chi connectivity index (χ0v) is 24.8. The number of hydrogen-bond donors (Lipinski definition) is 2. The zero-order valence-electron chi connectivity index (χ0n) is 23.2. The standard InChI is InChI=1S/C32H32BrN3O6/c1-39-28-17-24-27(18-29(28)40-16-15-26(34)32(38)42-22-9-5-6-10-22)35-19-25(33)30(24)41-23-13-11-21(12-14-23)36-31(37)20-7-3-2-4-8-20/h2-4,7-8,11-14,17-19,22,26H,5-6,9-10,15-16,34H2,1H3,(H,36,37). The van der Waals surface area contributed by atoms with Gasteiger partial charge in [-0.1, -0.05) is 18.2 Å². The second-order valence-electron chi connectivity index (χ2n) is 9.99. The Morgan fingerprint density at radius 2 is 1.79 bits per heavy atom. The monoisotopic (exact) mass is 633 g/mol. The number of nitrogens with two attached hydrogens (primary N) is 1. The lowest BCUT2D eigenvalue weighted by Gasteiger charge is -2.17. The number of fused-ring (bicyclic) bond motifs is 1. The van der Waals surface area contributed by atoms with Crippen molar-refractivity contribution in [1.82, 2.24) is 4.98 Å². The number of carbonyl (C=O) groups excluding carboxylic acids is 2. The van der Waals surface area contributed by atoms with Crippen molar-refractivity contribution in [2.24, 2.45) is 5.73 Å². The lowest BCUT2D eigenvalue weighted by atomic mass is 10.1. The van der Waals surface area contributed by atoms with Crippen LogP contribution in [-0.2, 0) is 9.53 Å². The summed E-state index contributed by atoms with van der Waals surface area (Å²) in [5.74, 6) is 1.48. The van der Waals surface area contributed by atoms with E-state index in [0.29, 0.717) is 56.0 Å². The van der Waals surface area contributed by atoms with E-state index in [0.717, 1.165) is 25.7 Å². The molecule has 4 aromatic rings. The van der Waals surface area contributed by atoms with Gasteiger partial charge in [-0.15, -0.1) is 0 Å². The zero-order chi connectivity index (χ0) is 29.5. The number of hydrogen-bond acceptors (Lipinski definition) is 8. The highest BCUT2D eigenvalue weighted by atomic mass is 79.9. The molecule has 0 radical (unpaired) electrons. The molecule has 1 amide bonds. The van der Waals surface area contributed by atoms with Crippen LogP contribution in [0.15, 0.2) is 77.4 Å². The Balaban J connectivity index is 1.25. The molecule has 1 aliphatic carbocycles. The van der Waals surface area contributed by atoms with Gasteiger partial charge in [-0.25, -0.2) is 0 Å². The Bertz CT molecular complexity index is 1540. The molecule has 5 rings (SSSR count). The van der Waals surface area contributed by atoms with Gasteiger partial charge in [0.05, 0.1) is 23.7 Å². The summed E-state index contributed by atoms with van der Waals surface area (Å²) in [5, 5.41) is 3.58. The van der Waals surface area contributed by atoms with Crippen LogP contribution in [0.2, 0.25) is 0 Å². The molecule has 0 bridgehead atoms. The first-order chi connectivity index (χ1) is 20.4. The predicted molar refractivity (Wildman–Crippen MR) is 163 cm³/mol. The largest absolute Gasteiger partial charge is 0.493 e. The number of anilines is 1. The Labute approximate surface area is 252 Å². The van der Waals surface area contributed by atoms with Crippen molar-refractivity contribution in [3.8, 4) is 23.0 Å².